The Hall–Kier alpha value is -1.13. The molecule has 84 valence electrons. The van der Waals surface area contributed by atoms with E-state index in [9.17, 15) is 0 Å². The number of halogens is 1. The second kappa shape index (κ2) is 5.27. The molecule has 0 unspecified atom stereocenters. The Bertz CT molecular complexity index is 470. The lowest BCUT2D eigenvalue weighted by Gasteiger charge is -2.05. The summed E-state index contributed by atoms with van der Waals surface area (Å²) in [4.78, 5) is 9.27. The zero-order valence-electron chi connectivity index (χ0n) is 8.90. The minimum atomic E-state index is 0.458. The van der Waals surface area contributed by atoms with Crippen molar-refractivity contribution in [3.8, 4) is 0 Å². The molecular weight excluding hydrogens is 242 g/mol. The molecule has 0 amide bonds. The van der Waals surface area contributed by atoms with Crippen molar-refractivity contribution in [2.75, 3.05) is 5.32 Å². The van der Waals surface area contributed by atoms with Crippen molar-refractivity contribution in [2.45, 2.75) is 19.9 Å². The van der Waals surface area contributed by atoms with Gasteiger partial charge in [0.25, 0.3) is 0 Å². The minimum absolute atomic E-state index is 0.458. The summed E-state index contributed by atoms with van der Waals surface area (Å²) in [6.45, 7) is 2.95. The van der Waals surface area contributed by atoms with Crippen LogP contribution < -0.4 is 5.32 Å². The lowest BCUT2D eigenvalue weighted by atomic mass is 10.2. The molecule has 5 heteroatoms. The van der Waals surface area contributed by atoms with Crippen LogP contribution in [0.1, 0.15) is 17.4 Å². The molecule has 0 spiro atoms. The van der Waals surface area contributed by atoms with Gasteiger partial charge in [-0.3, -0.25) is 0 Å². The molecule has 0 aliphatic rings. The highest BCUT2D eigenvalue weighted by atomic mass is 35.5. The number of thiophene rings is 1. The molecule has 0 radical (unpaired) electrons. The summed E-state index contributed by atoms with van der Waals surface area (Å²) in [5.74, 6) is 0.760. The summed E-state index contributed by atoms with van der Waals surface area (Å²) < 4.78 is 0. The van der Waals surface area contributed by atoms with Crippen molar-refractivity contribution < 1.29 is 0 Å². The summed E-state index contributed by atoms with van der Waals surface area (Å²) >= 11 is 7.53. The first-order valence-electron chi connectivity index (χ1n) is 5.06. The van der Waals surface area contributed by atoms with Crippen LogP contribution in [0, 0.1) is 0 Å². The number of aromatic nitrogens is 2. The monoisotopic (exact) mass is 253 g/mol. The fraction of sp³-hybridized carbons (Fsp3) is 0.273. The van der Waals surface area contributed by atoms with Gasteiger partial charge in [0.05, 0.1) is 6.54 Å². The third-order valence-corrected chi connectivity index (χ3v) is 3.45. The topological polar surface area (TPSA) is 37.8 Å². The van der Waals surface area contributed by atoms with Gasteiger partial charge < -0.3 is 5.32 Å². The number of rotatable bonds is 4. The molecule has 0 aliphatic carbocycles. The Morgan fingerprint density at radius 1 is 1.44 bits per heavy atom. The van der Waals surface area contributed by atoms with E-state index in [1.54, 1.807) is 17.4 Å². The Kier molecular flexibility index (Phi) is 3.74. The highest BCUT2D eigenvalue weighted by molar-refractivity contribution is 7.10. The van der Waals surface area contributed by atoms with Crippen molar-refractivity contribution in [2.24, 2.45) is 0 Å². The lowest BCUT2D eigenvalue weighted by Crippen LogP contribution is -2.01. The summed E-state index contributed by atoms with van der Waals surface area (Å²) in [7, 11) is 0. The van der Waals surface area contributed by atoms with Crippen LogP contribution in [-0.2, 0) is 13.0 Å². The summed E-state index contributed by atoms with van der Waals surface area (Å²) in [6, 6.07) is 3.88. The first-order valence-corrected chi connectivity index (χ1v) is 6.32. The van der Waals surface area contributed by atoms with Gasteiger partial charge in [-0.2, -0.15) is 0 Å². The predicted octanol–water partition coefficient (Wildman–Crippen LogP) is 3.37. The van der Waals surface area contributed by atoms with Crippen LogP contribution in [-0.4, -0.2) is 9.97 Å². The van der Waals surface area contributed by atoms with Gasteiger partial charge in [-0.1, -0.05) is 18.5 Å². The van der Waals surface area contributed by atoms with Crippen LogP contribution in [0.4, 0.5) is 5.82 Å². The molecule has 0 saturated heterocycles. The molecule has 2 aromatic heterocycles. The second-order valence-electron chi connectivity index (χ2n) is 3.30. The fourth-order valence-corrected chi connectivity index (χ4v) is 2.50. The van der Waals surface area contributed by atoms with Gasteiger partial charge in [0.15, 0.2) is 0 Å². The Morgan fingerprint density at radius 3 is 3.06 bits per heavy atom. The molecule has 3 nitrogen and oxygen atoms in total. The third kappa shape index (κ3) is 2.71. The Balaban J connectivity index is 2.02. The van der Waals surface area contributed by atoms with Gasteiger partial charge in [0.1, 0.15) is 17.3 Å². The van der Waals surface area contributed by atoms with Gasteiger partial charge in [0, 0.05) is 10.9 Å². The van der Waals surface area contributed by atoms with Crippen molar-refractivity contribution >= 4 is 28.8 Å². The molecule has 0 saturated carbocycles. The smallest absolute Gasteiger partial charge is 0.134 e. The molecule has 0 fully saturated rings. The molecule has 0 aromatic carbocycles. The average Bonchev–Trinajstić information content (AvgIpc) is 2.74. The van der Waals surface area contributed by atoms with Crippen LogP contribution in [0.2, 0.25) is 5.15 Å². The van der Waals surface area contributed by atoms with Crippen LogP contribution in [0.3, 0.4) is 0 Å². The lowest BCUT2D eigenvalue weighted by molar-refractivity contribution is 1.05. The fourth-order valence-electron chi connectivity index (χ4n) is 1.44. The van der Waals surface area contributed by atoms with Crippen molar-refractivity contribution in [1.82, 2.24) is 9.97 Å². The average molecular weight is 254 g/mol. The number of nitrogens with one attached hydrogen (secondary N) is 1. The van der Waals surface area contributed by atoms with Gasteiger partial charge in [0.2, 0.25) is 0 Å². The molecule has 2 rings (SSSR count). The normalized spacial score (nSPS) is 10.4. The molecular formula is C11H12ClN3S. The quantitative estimate of drug-likeness (QED) is 0.849. The standard InChI is InChI=1S/C11H12ClN3S/c1-2-8-3-4-16-9(8)6-13-11-5-10(12)14-7-15-11/h3-5,7H,2,6H2,1H3,(H,13,14,15). The van der Waals surface area contributed by atoms with Crippen molar-refractivity contribution in [3.05, 3.63) is 39.4 Å². The van der Waals surface area contributed by atoms with E-state index in [0.717, 1.165) is 18.8 Å². The van der Waals surface area contributed by atoms with E-state index in [1.165, 1.54) is 16.8 Å². The Labute approximate surface area is 104 Å². The molecule has 2 aromatic rings. The van der Waals surface area contributed by atoms with Crippen LogP contribution in [0.25, 0.3) is 0 Å². The number of hydrogen-bond donors (Lipinski definition) is 1. The summed E-state index contributed by atoms with van der Waals surface area (Å²) in [5, 5.41) is 5.81. The van der Waals surface area contributed by atoms with E-state index in [2.05, 4.69) is 33.7 Å². The van der Waals surface area contributed by atoms with E-state index in [4.69, 9.17) is 11.6 Å². The van der Waals surface area contributed by atoms with Gasteiger partial charge in [-0.25, -0.2) is 9.97 Å². The van der Waals surface area contributed by atoms with Gasteiger partial charge >= 0.3 is 0 Å². The predicted molar refractivity (Wildman–Crippen MR) is 68.1 cm³/mol. The van der Waals surface area contributed by atoms with Crippen LogP contribution in [0.5, 0.6) is 0 Å². The zero-order chi connectivity index (χ0) is 11.4. The van der Waals surface area contributed by atoms with E-state index in [0.29, 0.717) is 5.15 Å². The second-order valence-corrected chi connectivity index (χ2v) is 4.69. The maximum Gasteiger partial charge on any atom is 0.134 e. The van der Waals surface area contributed by atoms with Gasteiger partial charge in [-0.05, 0) is 23.4 Å². The van der Waals surface area contributed by atoms with Crippen LogP contribution in [0.15, 0.2) is 23.8 Å². The minimum Gasteiger partial charge on any atom is -0.365 e. The van der Waals surface area contributed by atoms with E-state index in [-0.39, 0.29) is 0 Å². The van der Waals surface area contributed by atoms with Gasteiger partial charge in [-0.15, -0.1) is 11.3 Å². The largest absolute Gasteiger partial charge is 0.365 e. The van der Waals surface area contributed by atoms with E-state index >= 15 is 0 Å². The number of aryl methyl sites for hydroxylation is 1. The molecule has 2 heterocycles. The summed E-state index contributed by atoms with van der Waals surface area (Å²) in [6.07, 6.45) is 2.52. The van der Waals surface area contributed by atoms with Crippen molar-refractivity contribution in [3.63, 3.8) is 0 Å². The zero-order valence-corrected chi connectivity index (χ0v) is 10.5. The molecule has 0 aliphatic heterocycles. The number of hydrogen-bond acceptors (Lipinski definition) is 4. The SMILES string of the molecule is CCc1ccsc1CNc1cc(Cl)ncn1. The first-order chi connectivity index (χ1) is 7.79. The van der Waals surface area contributed by atoms with E-state index in [1.807, 2.05) is 0 Å². The van der Waals surface area contributed by atoms with E-state index < -0.39 is 0 Å². The first kappa shape index (κ1) is 11.4. The van der Waals surface area contributed by atoms with Crippen molar-refractivity contribution in [1.29, 1.82) is 0 Å². The maximum atomic E-state index is 5.78. The third-order valence-electron chi connectivity index (χ3n) is 2.28. The maximum absolute atomic E-state index is 5.78. The molecule has 1 N–H and O–H groups in total. The summed E-state index contributed by atoms with van der Waals surface area (Å²) in [5.41, 5.74) is 1.39. The number of anilines is 1. The Morgan fingerprint density at radius 2 is 2.31 bits per heavy atom. The number of nitrogens with zero attached hydrogens (tertiary/aromatic N) is 2. The highest BCUT2D eigenvalue weighted by Crippen LogP contribution is 2.19. The molecule has 0 atom stereocenters. The highest BCUT2D eigenvalue weighted by Gasteiger charge is 2.02. The molecule has 0 bridgehead atoms. The van der Waals surface area contributed by atoms with Crippen LogP contribution >= 0.6 is 22.9 Å². The molecule has 16 heavy (non-hydrogen) atoms.